The SMILES string of the molecule is CCN1C(=CC=C2CCC(C=CC3=[N+](CC)c4ccccc4C3(C)C)=C2c2c(O)n(C)c(=O)n(C)c2=O)C(C)(C)c2ccccc21. The van der Waals surface area contributed by atoms with Crippen LogP contribution in [0.3, 0.4) is 0 Å². The molecule has 238 valence electrons. The third kappa shape index (κ3) is 4.58. The highest BCUT2D eigenvalue weighted by atomic mass is 16.3. The van der Waals surface area contributed by atoms with Gasteiger partial charge in [-0.1, -0.05) is 62.4 Å². The van der Waals surface area contributed by atoms with Gasteiger partial charge in [-0.05, 0) is 75.0 Å². The first-order chi connectivity index (χ1) is 21.9. The van der Waals surface area contributed by atoms with E-state index in [-0.39, 0.29) is 22.3 Å². The number of hydrogen-bond acceptors (Lipinski definition) is 4. The number of anilines is 1. The molecule has 2 aromatic carbocycles. The molecule has 0 atom stereocenters. The topological polar surface area (TPSA) is 70.5 Å². The van der Waals surface area contributed by atoms with Gasteiger partial charge in [-0.25, -0.2) is 4.79 Å². The third-order valence-corrected chi connectivity index (χ3v) is 10.3. The van der Waals surface area contributed by atoms with Crippen LogP contribution in [0.25, 0.3) is 5.57 Å². The standard InChI is InChI=1S/C39H44N4O3/c1-9-42-29-17-13-11-15-27(29)38(3,4)31(42)23-21-25-19-20-26(33(25)34-35(44)40(7)37(46)41(8)36(34)45)22-24-32-39(5,6)28-16-12-14-18-30(28)43(32)10-2/h11-18,21-24H,9-10,19-20H2,1-8H3/p+1. The maximum atomic E-state index is 13.7. The average molecular weight is 618 g/mol. The van der Waals surface area contributed by atoms with Crippen LogP contribution >= 0.6 is 0 Å². The normalized spacial score (nSPS) is 20.1. The Morgan fingerprint density at radius 1 is 0.848 bits per heavy atom. The summed E-state index contributed by atoms with van der Waals surface area (Å²) in [5.74, 6) is -0.310. The summed E-state index contributed by atoms with van der Waals surface area (Å²) in [6.07, 6.45) is 10.0. The maximum absolute atomic E-state index is 13.7. The fraction of sp³-hybridized carbons (Fsp3) is 0.359. The Morgan fingerprint density at radius 2 is 1.52 bits per heavy atom. The highest BCUT2D eigenvalue weighted by molar-refractivity contribution is 6.03. The molecule has 0 amide bonds. The molecule has 3 aliphatic rings. The number of nitrogens with zero attached hydrogens (tertiary/aromatic N) is 4. The second-order valence-corrected chi connectivity index (χ2v) is 13.5. The van der Waals surface area contributed by atoms with Crippen molar-refractivity contribution >= 4 is 22.7 Å². The van der Waals surface area contributed by atoms with E-state index in [0.717, 1.165) is 33.4 Å². The van der Waals surface area contributed by atoms with Crippen LogP contribution in [0.4, 0.5) is 11.4 Å². The van der Waals surface area contributed by atoms with E-state index in [1.54, 1.807) is 0 Å². The molecular formula is C39H45N4O3+. The first-order valence-corrected chi connectivity index (χ1v) is 16.3. The number of aromatic hydroxyl groups is 1. The lowest BCUT2D eigenvalue weighted by Crippen LogP contribution is -2.38. The van der Waals surface area contributed by atoms with Crippen molar-refractivity contribution in [2.45, 2.75) is 65.2 Å². The first kappa shape index (κ1) is 31.3. The molecule has 1 aliphatic carbocycles. The largest absolute Gasteiger partial charge is 0.494 e. The molecule has 0 unspecified atom stereocenters. The predicted molar refractivity (Wildman–Crippen MR) is 187 cm³/mol. The van der Waals surface area contributed by atoms with E-state index < -0.39 is 11.2 Å². The third-order valence-electron chi connectivity index (χ3n) is 10.3. The lowest BCUT2D eigenvalue weighted by atomic mass is 9.81. The zero-order chi connectivity index (χ0) is 33.1. The zero-order valence-electron chi connectivity index (χ0n) is 28.3. The molecule has 0 saturated carbocycles. The minimum Gasteiger partial charge on any atom is -0.494 e. The van der Waals surface area contributed by atoms with Crippen LogP contribution < -0.4 is 16.1 Å². The molecule has 0 spiro atoms. The molecule has 3 aromatic rings. The summed E-state index contributed by atoms with van der Waals surface area (Å²) in [4.78, 5) is 28.8. The van der Waals surface area contributed by atoms with E-state index >= 15 is 0 Å². The van der Waals surface area contributed by atoms with Crippen molar-refractivity contribution in [1.82, 2.24) is 9.13 Å². The molecule has 6 rings (SSSR count). The smallest absolute Gasteiger partial charge is 0.333 e. The molecule has 1 aromatic heterocycles. The molecule has 1 N–H and O–H groups in total. The summed E-state index contributed by atoms with van der Waals surface area (Å²) < 4.78 is 4.58. The van der Waals surface area contributed by atoms with E-state index in [9.17, 15) is 14.7 Å². The number of likely N-dealkylation sites (N-methyl/N-ethyl adjacent to an activating group) is 1. The van der Waals surface area contributed by atoms with Crippen LogP contribution in [0, 0.1) is 0 Å². The molecule has 7 heteroatoms. The van der Waals surface area contributed by atoms with E-state index in [0.29, 0.717) is 18.4 Å². The summed E-state index contributed by atoms with van der Waals surface area (Å²) in [6.45, 7) is 15.0. The van der Waals surface area contributed by atoms with Crippen LogP contribution in [-0.4, -0.2) is 37.6 Å². The van der Waals surface area contributed by atoms with Crippen LogP contribution in [0.5, 0.6) is 5.88 Å². The fourth-order valence-corrected chi connectivity index (χ4v) is 7.75. The Hall–Kier alpha value is -4.65. The van der Waals surface area contributed by atoms with Crippen molar-refractivity contribution in [1.29, 1.82) is 0 Å². The van der Waals surface area contributed by atoms with Gasteiger partial charge in [0.05, 0.1) is 5.41 Å². The average Bonchev–Trinajstić information content (AvgIpc) is 3.61. The van der Waals surface area contributed by atoms with Gasteiger partial charge in [0, 0.05) is 55.1 Å². The molecule has 7 nitrogen and oxygen atoms in total. The number of benzene rings is 2. The van der Waals surface area contributed by atoms with Gasteiger partial charge < -0.3 is 10.0 Å². The van der Waals surface area contributed by atoms with Gasteiger partial charge in [-0.15, -0.1) is 0 Å². The molecule has 3 heterocycles. The van der Waals surface area contributed by atoms with Crippen LogP contribution in [0.15, 0.2) is 99.3 Å². The maximum Gasteiger partial charge on any atom is 0.333 e. The lowest BCUT2D eigenvalue weighted by molar-refractivity contribution is -0.433. The minimum absolute atomic E-state index is 0.166. The van der Waals surface area contributed by atoms with Gasteiger partial charge in [-0.3, -0.25) is 13.9 Å². The predicted octanol–water partition coefficient (Wildman–Crippen LogP) is 6.62. The molecule has 46 heavy (non-hydrogen) atoms. The molecular weight excluding hydrogens is 572 g/mol. The Kier molecular flexibility index (Phi) is 7.70. The number of para-hydroxylation sites is 2. The van der Waals surface area contributed by atoms with Gasteiger partial charge in [0.15, 0.2) is 5.71 Å². The van der Waals surface area contributed by atoms with Gasteiger partial charge in [0.25, 0.3) is 5.56 Å². The van der Waals surface area contributed by atoms with Crippen molar-refractivity contribution in [2.24, 2.45) is 14.1 Å². The Morgan fingerprint density at radius 3 is 2.22 bits per heavy atom. The molecule has 2 aliphatic heterocycles. The van der Waals surface area contributed by atoms with Crippen LogP contribution in [0.2, 0.25) is 0 Å². The lowest BCUT2D eigenvalue weighted by Gasteiger charge is -2.26. The van der Waals surface area contributed by atoms with Gasteiger partial charge in [0.1, 0.15) is 12.1 Å². The minimum atomic E-state index is -0.557. The van der Waals surface area contributed by atoms with E-state index in [4.69, 9.17) is 0 Å². The van der Waals surface area contributed by atoms with Crippen molar-refractivity contribution in [3.05, 3.63) is 127 Å². The summed E-state index contributed by atoms with van der Waals surface area (Å²) in [6, 6.07) is 17.1. The monoisotopic (exact) mass is 617 g/mol. The second kappa shape index (κ2) is 11.3. The van der Waals surface area contributed by atoms with Crippen molar-refractivity contribution in [2.75, 3.05) is 18.0 Å². The number of fused-ring (bicyclic) bond motifs is 2. The Bertz CT molecular complexity index is 2050. The number of rotatable bonds is 6. The summed E-state index contributed by atoms with van der Waals surface area (Å²) in [7, 11) is 2.97. The molecule has 0 bridgehead atoms. The Labute approximate surface area is 271 Å². The van der Waals surface area contributed by atoms with Crippen LogP contribution in [-0.2, 0) is 24.9 Å². The molecule has 0 fully saturated rings. The van der Waals surface area contributed by atoms with E-state index in [1.165, 1.54) is 48.0 Å². The van der Waals surface area contributed by atoms with Gasteiger partial charge >= 0.3 is 5.69 Å². The molecule has 0 saturated heterocycles. The highest BCUT2D eigenvalue weighted by Gasteiger charge is 2.44. The number of hydrogen-bond donors (Lipinski definition) is 1. The summed E-state index contributed by atoms with van der Waals surface area (Å²) in [5.41, 5.74) is 8.72. The van der Waals surface area contributed by atoms with Crippen molar-refractivity contribution < 1.29 is 9.68 Å². The highest BCUT2D eigenvalue weighted by Crippen LogP contribution is 2.48. The summed E-state index contributed by atoms with van der Waals surface area (Å²) >= 11 is 0. The zero-order valence-corrected chi connectivity index (χ0v) is 28.3. The van der Waals surface area contributed by atoms with E-state index in [1.807, 2.05) is 0 Å². The quantitative estimate of drug-likeness (QED) is 0.316. The second-order valence-electron chi connectivity index (χ2n) is 13.5. The van der Waals surface area contributed by atoms with Gasteiger partial charge in [0.2, 0.25) is 11.6 Å². The number of aromatic nitrogens is 2. The van der Waals surface area contributed by atoms with Gasteiger partial charge in [-0.2, -0.15) is 4.58 Å². The van der Waals surface area contributed by atoms with E-state index in [2.05, 4.69) is 124 Å². The summed E-state index contributed by atoms with van der Waals surface area (Å²) in [5, 5.41) is 11.3. The Balaban J connectivity index is 1.54. The first-order valence-electron chi connectivity index (χ1n) is 16.3. The van der Waals surface area contributed by atoms with Crippen molar-refractivity contribution in [3.8, 4) is 5.88 Å². The molecule has 0 radical (unpaired) electrons. The van der Waals surface area contributed by atoms with Crippen molar-refractivity contribution in [3.63, 3.8) is 0 Å². The fourth-order valence-electron chi connectivity index (χ4n) is 7.75. The van der Waals surface area contributed by atoms with Crippen LogP contribution in [0.1, 0.15) is 71.1 Å². The number of allylic oxidation sites excluding steroid dienone is 8.